The van der Waals surface area contributed by atoms with Crippen LogP contribution in [-0.4, -0.2) is 41.7 Å². The summed E-state index contributed by atoms with van der Waals surface area (Å²) < 4.78 is 14.3. The van der Waals surface area contributed by atoms with Crippen LogP contribution in [0.2, 0.25) is 0 Å². The lowest BCUT2D eigenvalue weighted by molar-refractivity contribution is -0.117. The van der Waals surface area contributed by atoms with Gasteiger partial charge in [0.15, 0.2) is 0 Å². The van der Waals surface area contributed by atoms with E-state index in [1.807, 2.05) is 4.90 Å². The normalized spacial score (nSPS) is 28.6. The van der Waals surface area contributed by atoms with Crippen molar-refractivity contribution < 1.29 is 14.3 Å². The first kappa shape index (κ1) is 14.9. The zero-order valence-corrected chi connectivity index (χ0v) is 13.1. The molecular formula is C15H18BrFN2O2. The summed E-state index contributed by atoms with van der Waals surface area (Å²) in [4.78, 5) is 14.1. The van der Waals surface area contributed by atoms with Crippen molar-refractivity contribution in [3.63, 3.8) is 0 Å². The number of aliphatic hydroxyl groups is 1. The van der Waals surface area contributed by atoms with Crippen LogP contribution in [0.15, 0.2) is 22.7 Å². The van der Waals surface area contributed by atoms with Gasteiger partial charge in [-0.15, -0.1) is 0 Å². The van der Waals surface area contributed by atoms with Gasteiger partial charge in [-0.05, 0) is 37.0 Å². The van der Waals surface area contributed by atoms with E-state index in [2.05, 4.69) is 21.2 Å². The van der Waals surface area contributed by atoms with Gasteiger partial charge < -0.3 is 10.4 Å². The van der Waals surface area contributed by atoms with E-state index in [-0.39, 0.29) is 24.2 Å². The highest BCUT2D eigenvalue weighted by Gasteiger charge is 2.42. The molecule has 4 nitrogen and oxygen atoms in total. The average Bonchev–Trinajstić information content (AvgIpc) is 2.95. The SMILES string of the molecule is O=C(CN1CC2CCC(O)C2C1)Nc1ccc(Br)cc1F. The number of benzene rings is 1. The molecule has 1 amide bonds. The average molecular weight is 357 g/mol. The molecule has 114 valence electrons. The van der Waals surface area contributed by atoms with Crippen molar-refractivity contribution in [3.8, 4) is 0 Å². The molecule has 3 atom stereocenters. The number of rotatable bonds is 3. The monoisotopic (exact) mass is 356 g/mol. The molecule has 1 aliphatic carbocycles. The number of amides is 1. The van der Waals surface area contributed by atoms with Gasteiger partial charge in [-0.2, -0.15) is 0 Å². The summed E-state index contributed by atoms with van der Waals surface area (Å²) in [6.07, 6.45) is 1.68. The molecule has 1 saturated carbocycles. The third-order valence-corrected chi connectivity index (χ3v) is 4.96. The number of nitrogens with one attached hydrogen (secondary N) is 1. The Kier molecular flexibility index (Phi) is 4.28. The number of likely N-dealkylation sites (tertiary alicyclic amines) is 1. The molecule has 2 aliphatic rings. The number of nitrogens with zero attached hydrogens (tertiary/aromatic N) is 1. The summed E-state index contributed by atoms with van der Waals surface area (Å²) in [6, 6.07) is 4.56. The molecule has 0 spiro atoms. The second-order valence-corrected chi connectivity index (χ2v) is 6.85. The Morgan fingerprint density at radius 1 is 1.43 bits per heavy atom. The largest absolute Gasteiger partial charge is 0.393 e. The number of carbonyl (C=O) groups is 1. The van der Waals surface area contributed by atoms with Crippen molar-refractivity contribution >= 4 is 27.5 Å². The first-order chi connectivity index (χ1) is 10.0. The molecule has 3 rings (SSSR count). The molecule has 2 N–H and O–H groups in total. The molecule has 1 saturated heterocycles. The van der Waals surface area contributed by atoms with Crippen molar-refractivity contribution in [1.82, 2.24) is 4.90 Å². The lowest BCUT2D eigenvalue weighted by Gasteiger charge is -2.17. The molecule has 1 heterocycles. The van der Waals surface area contributed by atoms with E-state index in [0.717, 1.165) is 25.9 Å². The van der Waals surface area contributed by atoms with Crippen molar-refractivity contribution in [2.24, 2.45) is 11.8 Å². The minimum Gasteiger partial charge on any atom is -0.393 e. The van der Waals surface area contributed by atoms with Gasteiger partial charge in [0.1, 0.15) is 5.82 Å². The van der Waals surface area contributed by atoms with Gasteiger partial charge in [-0.1, -0.05) is 15.9 Å². The zero-order chi connectivity index (χ0) is 15.0. The Balaban J connectivity index is 1.55. The molecule has 0 radical (unpaired) electrons. The van der Waals surface area contributed by atoms with Crippen LogP contribution < -0.4 is 5.32 Å². The molecule has 0 bridgehead atoms. The number of anilines is 1. The Hall–Kier alpha value is -0.980. The third kappa shape index (κ3) is 3.27. The van der Waals surface area contributed by atoms with Crippen molar-refractivity contribution in [2.45, 2.75) is 18.9 Å². The van der Waals surface area contributed by atoms with E-state index in [1.54, 1.807) is 12.1 Å². The summed E-state index contributed by atoms with van der Waals surface area (Å²) in [5, 5.41) is 12.5. The van der Waals surface area contributed by atoms with Gasteiger partial charge in [0.2, 0.25) is 5.91 Å². The lowest BCUT2D eigenvalue weighted by Crippen LogP contribution is -2.33. The maximum absolute atomic E-state index is 13.7. The summed E-state index contributed by atoms with van der Waals surface area (Å²) in [7, 11) is 0. The van der Waals surface area contributed by atoms with Crippen LogP contribution in [0.3, 0.4) is 0 Å². The molecule has 1 aromatic rings. The Morgan fingerprint density at radius 2 is 2.24 bits per heavy atom. The quantitative estimate of drug-likeness (QED) is 0.873. The van der Waals surface area contributed by atoms with Crippen LogP contribution in [0, 0.1) is 17.7 Å². The predicted octanol–water partition coefficient (Wildman–Crippen LogP) is 2.23. The summed E-state index contributed by atoms with van der Waals surface area (Å²) in [5.41, 5.74) is 0.197. The van der Waals surface area contributed by atoms with Crippen LogP contribution in [-0.2, 0) is 4.79 Å². The highest BCUT2D eigenvalue weighted by molar-refractivity contribution is 9.10. The maximum atomic E-state index is 13.7. The number of aliphatic hydroxyl groups excluding tert-OH is 1. The second kappa shape index (κ2) is 6.02. The number of hydrogen-bond acceptors (Lipinski definition) is 3. The summed E-state index contributed by atoms with van der Waals surface area (Å²) in [6.45, 7) is 1.84. The predicted molar refractivity (Wildman–Crippen MR) is 81.4 cm³/mol. The van der Waals surface area contributed by atoms with Crippen molar-refractivity contribution in [3.05, 3.63) is 28.5 Å². The number of hydrogen-bond donors (Lipinski definition) is 2. The summed E-state index contributed by atoms with van der Waals surface area (Å²) in [5.74, 6) is 0.122. The van der Waals surface area contributed by atoms with Gasteiger partial charge in [0.25, 0.3) is 0 Å². The molecule has 0 aromatic heterocycles. The highest BCUT2D eigenvalue weighted by Crippen LogP contribution is 2.37. The van der Waals surface area contributed by atoms with E-state index in [1.165, 1.54) is 6.07 Å². The molecule has 6 heteroatoms. The first-order valence-electron chi connectivity index (χ1n) is 7.18. The smallest absolute Gasteiger partial charge is 0.238 e. The first-order valence-corrected chi connectivity index (χ1v) is 7.97. The fourth-order valence-corrected chi connectivity index (χ4v) is 3.77. The molecular weight excluding hydrogens is 339 g/mol. The second-order valence-electron chi connectivity index (χ2n) is 5.94. The van der Waals surface area contributed by atoms with Gasteiger partial charge in [-0.25, -0.2) is 4.39 Å². The molecule has 2 fully saturated rings. The Bertz CT molecular complexity index is 554. The van der Waals surface area contributed by atoms with E-state index in [9.17, 15) is 14.3 Å². The number of halogens is 2. The zero-order valence-electron chi connectivity index (χ0n) is 11.6. The summed E-state index contributed by atoms with van der Waals surface area (Å²) >= 11 is 3.18. The van der Waals surface area contributed by atoms with Crippen LogP contribution >= 0.6 is 15.9 Å². The van der Waals surface area contributed by atoms with Gasteiger partial charge in [0.05, 0.1) is 18.3 Å². The molecule has 1 aromatic carbocycles. The van der Waals surface area contributed by atoms with Gasteiger partial charge >= 0.3 is 0 Å². The van der Waals surface area contributed by atoms with E-state index < -0.39 is 5.82 Å². The number of fused-ring (bicyclic) bond motifs is 1. The standard InChI is InChI=1S/C15H18BrFN2O2/c16-10-2-3-13(12(17)5-10)18-15(21)8-19-6-9-1-4-14(20)11(9)7-19/h2-3,5,9,11,14,20H,1,4,6-8H2,(H,18,21). The van der Waals surface area contributed by atoms with E-state index in [4.69, 9.17) is 0 Å². The van der Waals surface area contributed by atoms with Crippen LogP contribution in [0.1, 0.15) is 12.8 Å². The lowest BCUT2D eigenvalue weighted by atomic mass is 10.00. The fraction of sp³-hybridized carbons (Fsp3) is 0.533. The van der Waals surface area contributed by atoms with Crippen LogP contribution in [0.5, 0.6) is 0 Å². The van der Waals surface area contributed by atoms with E-state index in [0.29, 0.717) is 16.3 Å². The van der Waals surface area contributed by atoms with Crippen LogP contribution in [0.4, 0.5) is 10.1 Å². The van der Waals surface area contributed by atoms with Gasteiger partial charge in [-0.3, -0.25) is 9.69 Å². The highest BCUT2D eigenvalue weighted by atomic mass is 79.9. The fourth-order valence-electron chi connectivity index (χ4n) is 3.44. The van der Waals surface area contributed by atoms with Crippen molar-refractivity contribution in [2.75, 3.05) is 25.0 Å². The molecule has 1 aliphatic heterocycles. The Morgan fingerprint density at radius 3 is 2.95 bits per heavy atom. The topological polar surface area (TPSA) is 52.6 Å². The minimum atomic E-state index is -0.452. The van der Waals surface area contributed by atoms with Crippen molar-refractivity contribution in [1.29, 1.82) is 0 Å². The van der Waals surface area contributed by atoms with Gasteiger partial charge in [0, 0.05) is 23.5 Å². The molecule has 3 unspecified atom stereocenters. The Labute approximate surface area is 131 Å². The molecule has 21 heavy (non-hydrogen) atoms. The third-order valence-electron chi connectivity index (χ3n) is 4.47. The minimum absolute atomic E-state index is 0.197. The van der Waals surface area contributed by atoms with Crippen LogP contribution in [0.25, 0.3) is 0 Å². The van der Waals surface area contributed by atoms with E-state index >= 15 is 0 Å². The maximum Gasteiger partial charge on any atom is 0.238 e. The number of carbonyl (C=O) groups excluding carboxylic acids is 1.